The fraction of sp³-hybridized carbons (Fsp3) is 0.0714. The number of nitrogens with two attached hydrogens (primary N) is 1. The molecule has 0 unspecified atom stereocenters. The van der Waals surface area contributed by atoms with Gasteiger partial charge in [-0.15, -0.1) is 0 Å². The molecule has 0 saturated carbocycles. The van der Waals surface area contributed by atoms with Gasteiger partial charge >= 0.3 is 6.09 Å². The smallest absolute Gasteiger partial charge is 0.409 e. The zero-order valence-electron chi connectivity index (χ0n) is 10.9. The lowest BCUT2D eigenvalue weighted by Gasteiger charge is -2.06. The SMILES string of the molecule is NC(=O)Oc1cccc(C(=O)NCc2cc(Br)ccn2)c1. The van der Waals surface area contributed by atoms with Crippen LogP contribution in [0.4, 0.5) is 4.79 Å². The maximum atomic E-state index is 12.0. The third kappa shape index (κ3) is 4.57. The van der Waals surface area contributed by atoms with Gasteiger partial charge in [-0.25, -0.2) is 4.79 Å². The van der Waals surface area contributed by atoms with Gasteiger partial charge in [0.05, 0.1) is 12.2 Å². The monoisotopic (exact) mass is 349 g/mol. The quantitative estimate of drug-likeness (QED) is 0.884. The van der Waals surface area contributed by atoms with Crippen molar-refractivity contribution >= 4 is 27.9 Å². The van der Waals surface area contributed by atoms with Crippen LogP contribution in [-0.2, 0) is 6.54 Å². The topological polar surface area (TPSA) is 94.3 Å². The van der Waals surface area contributed by atoms with Gasteiger partial charge < -0.3 is 15.8 Å². The second kappa shape index (κ2) is 6.85. The van der Waals surface area contributed by atoms with Crippen molar-refractivity contribution in [2.75, 3.05) is 0 Å². The molecule has 0 aliphatic carbocycles. The summed E-state index contributed by atoms with van der Waals surface area (Å²) in [6.45, 7) is 0.291. The molecule has 21 heavy (non-hydrogen) atoms. The molecule has 7 heteroatoms. The van der Waals surface area contributed by atoms with Crippen LogP contribution < -0.4 is 15.8 Å². The Morgan fingerprint density at radius 1 is 1.29 bits per heavy atom. The van der Waals surface area contributed by atoms with E-state index in [4.69, 9.17) is 10.5 Å². The van der Waals surface area contributed by atoms with E-state index in [0.29, 0.717) is 12.1 Å². The van der Waals surface area contributed by atoms with Crippen molar-refractivity contribution in [1.29, 1.82) is 0 Å². The van der Waals surface area contributed by atoms with E-state index in [1.165, 1.54) is 12.1 Å². The predicted molar refractivity (Wildman–Crippen MR) is 79.8 cm³/mol. The number of primary amides is 1. The average molecular weight is 350 g/mol. The lowest BCUT2D eigenvalue weighted by Crippen LogP contribution is -2.23. The van der Waals surface area contributed by atoms with Crippen molar-refractivity contribution in [3.63, 3.8) is 0 Å². The highest BCUT2D eigenvalue weighted by Crippen LogP contribution is 2.13. The minimum atomic E-state index is -0.925. The van der Waals surface area contributed by atoms with Gasteiger partial charge in [0, 0.05) is 16.2 Å². The van der Waals surface area contributed by atoms with Crippen molar-refractivity contribution in [2.24, 2.45) is 5.73 Å². The maximum Gasteiger partial charge on any atom is 0.409 e. The summed E-state index contributed by atoms with van der Waals surface area (Å²) >= 11 is 3.33. The summed E-state index contributed by atoms with van der Waals surface area (Å²) in [4.78, 5) is 26.8. The first-order chi connectivity index (χ1) is 10.0. The molecule has 0 radical (unpaired) electrons. The number of halogens is 1. The highest BCUT2D eigenvalue weighted by molar-refractivity contribution is 9.10. The molecule has 6 nitrogen and oxygen atoms in total. The minimum absolute atomic E-state index is 0.218. The van der Waals surface area contributed by atoms with Crippen LogP contribution in [-0.4, -0.2) is 17.0 Å². The van der Waals surface area contributed by atoms with Crippen molar-refractivity contribution in [2.45, 2.75) is 6.54 Å². The number of carbonyl (C=O) groups is 2. The van der Waals surface area contributed by atoms with Crippen LogP contribution in [0.5, 0.6) is 5.75 Å². The Balaban J connectivity index is 2.01. The summed E-state index contributed by atoms with van der Waals surface area (Å²) in [5.41, 5.74) is 6.01. The van der Waals surface area contributed by atoms with Crippen LogP contribution in [0.25, 0.3) is 0 Å². The molecule has 0 saturated heterocycles. The Morgan fingerprint density at radius 2 is 2.10 bits per heavy atom. The highest BCUT2D eigenvalue weighted by atomic mass is 79.9. The molecule has 1 heterocycles. The van der Waals surface area contributed by atoms with Gasteiger partial charge in [-0.3, -0.25) is 9.78 Å². The van der Waals surface area contributed by atoms with E-state index in [2.05, 4.69) is 26.2 Å². The second-order valence-electron chi connectivity index (χ2n) is 4.10. The van der Waals surface area contributed by atoms with Crippen LogP contribution in [0.15, 0.2) is 47.1 Å². The molecule has 1 aromatic heterocycles. The third-order valence-electron chi connectivity index (χ3n) is 2.52. The van der Waals surface area contributed by atoms with E-state index >= 15 is 0 Å². The molecular weight excluding hydrogens is 338 g/mol. The number of amides is 2. The summed E-state index contributed by atoms with van der Waals surface area (Å²) in [6.07, 6.45) is 0.721. The molecule has 108 valence electrons. The molecule has 1 aromatic carbocycles. The Morgan fingerprint density at radius 3 is 2.81 bits per heavy atom. The third-order valence-corrected chi connectivity index (χ3v) is 3.02. The minimum Gasteiger partial charge on any atom is -0.410 e. The zero-order chi connectivity index (χ0) is 15.2. The number of aromatic nitrogens is 1. The number of rotatable bonds is 4. The number of nitrogens with one attached hydrogen (secondary N) is 1. The molecule has 0 spiro atoms. The predicted octanol–water partition coefficient (Wildman–Crippen LogP) is 2.23. The lowest BCUT2D eigenvalue weighted by atomic mass is 10.2. The van der Waals surface area contributed by atoms with Gasteiger partial charge in [-0.05, 0) is 30.3 Å². The Bertz CT molecular complexity index is 676. The Labute approximate surface area is 129 Å². The fourth-order valence-corrected chi connectivity index (χ4v) is 2.02. The molecule has 0 fully saturated rings. The van der Waals surface area contributed by atoms with Crippen molar-refractivity contribution < 1.29 is 14.3 Å². The number of benzene rings is 1. The summed E-state index contributed by atoms with van der Waals surface area (Å²) in [7, 11) is 0. The molecule has 0 aliphatic heterocycles. The number of nitrogens with zero attached hydrogens (tertiary/aromatic N) is 1. The first kappa shape index (κ1) is 15.0. The molecule has 0 atom stereocenters. The summed E-state index contributed by atoms with van der Waals surface area (Å²) < 4.78 is 5.61. The van der Waals surface area contributed by atoms with Gasteiger partial charge in [0.15, 0.2) is 0 Å². The van der Waals surface area contributed by atoms with E-state index in [1.54, 1.807) is 24.4 Å². The molecular formula is C14H12BrN3O3. The number of carbonyl (C=O) groups excluding carboxylic acids is 2. The molecule has 2 rings (SSSR count). The maximum absolute atomic E-state index is 12.0. The van der Waals surface area contributed by atoms with Gasteiger partial charge in [-0.1, -0.05) is 22.0 Å². The standard InChI is InChI=1S/C14H12BrN3O3/c15-10-4-5-17-11(7-10)8-18-13(19)9-2-1-3-12(6-9)21-14(16)20/h1-7H,8H2,(H2,16,20)(H,18,19). The summed E-state index contributed by atoms with van der Waals surface area (Å²) in [5, 5.41) is 2.73. The number of pyridine rings is 1. The van der Waals surface area contributed by atoms with Crippen LogP contribution in [0, 0.1) is 0 Å². The van der Waals surface area contributed by atoms with E-state index < -0.39 is 6.09 Å². The highest BCUT2D eigenvalue weighted by Gasteiger charge is 2.08. The molecule has 3 N–H and O–H groups in total. The number of hydrogen-bond donors (Lipinski definition) is 2. The number of hydrogen-bond acceptors (Lipinski definition) is 4. The van der Waals surface area contributed by atoms with Crippen molar-refractivity contribution in [1.82, 2.24) is 10.3 Å². The lowest BCUT2D eigenvalue weighted by molar-refractivity contribution is 0.0950. The van der Waals surface area contributed by atoms with Crippen molar-refractivity contribution in [3.05, 3.63) is 58.3 Å². The zero-order valence-corrected chi connectivity index (χ0v) is 12.5. The second-order valence-corrected chi connectivity index (χ2v) is 5.01. The first-order valence-electron chi connectivity index (χ1n) is 6.00. The number of ether oxygens (including phenoxy) is 1. The first-order valence-corrected chi connectivity index (χ1v) is 6.80. The molecule has 2 aromatic rings. The normalized spacial score (nSPS) is 9.95. The van der Waals surface area contributed by atoms with Gasteiger partial charge in [-0.2, -0.15) is 0 Å². The van der Waals surface area contributed by atoms with Crippen LogP contribution in [0.1, 0.15) is 16.1 Å². The molecule has 0 bridgehead atoms. The van der Waals surface area contributed by atoms with Crippen LogP contribution in [0.3, 0.4) is 0 Å². The Hall–Kier alpha value is -2.41. The van der Waals surface area contributed by atoms with E-state index in [0.717, 1.165) is 10.2 Å². The van der Waals surface area contributed by atoms with Crippen molar-refractivity contribution in [3.8, 4) is 5.75 Å². The van der Waals surface area contributed by atoms with Gasteiger partial charge in [0.25, 0.3) is 5.91 Å². The fourth-order valence-electron chi connectivity index (χ4n) is 1.64. The molecule has 2 amide bonds. The van der Waals surface area contributed by atoms with Crippen LogP contribution in [0.2, 0.25) is 0 Å². The summed E-state index contributed by atoms with van der Waals surface area (Å²) in [6, 6.07) is 9.80. The van der Waals surface area contributed by atoms with E-state index in [1.807, 2.05) is 6.07 Å². The Kier molecular flexibility index (Phi) is 4.89. The summed E-state index contributed by atoms with van der Waals surface area (Å²) in [5.74, 6) is -0.0811. The van der Waals surface area contributed by atoms with Gasteiger partial charge in [0.1, 0.15) is 5.75 Å². The van der Waals surface area contributed by atoms with E-state index in [9.17, 15) is 9.59 Å². The average Bonchev–Trinajstić information content (AvgIpc) is 2.44. The van der Waals surface area contributed by atoms with Gasteiger partial charge in [0.2, 0.25) is 0 Å². The van der Waals surface area contributed by atoms with E-state index in [-0.39, 0.29) is 11.7 Å². The van der Waals surface area contributed by atoms with Crippen LogP contribution >= 0.6 is 15.9 Å². The molecule has 0 aliphatic rings. The largest absolute Gasteiger partial charge is 0.410 e.